The summed E-state index contributed by atoms with van der Waals surface area (Å²) in [6.07, 6.45) is 2.51. The molecule has 1 heterocycles. The Labute approximate surface area is 102 Å². The smallest absolute Gasteiger partial charge is 0.0948 e. The normalized spacial score (nSPS) is 18.6. The number of benzene rings is 1. The molecule has 1 aromatic carbocycles. The fourth-order valence-corrected chi connectivity index (χ4v) is 2.68. The molecule has 1 aliphatic rings. The molecule has 3 heteroatoms. The summed E-state index contributed by atoms with van der Waals surface area (Å²) >= 11 is 5.21. The quantitative estimate of drug-likeness (QED) is 0.814. The number of rotatable bonds is 3. The molecule has 1 aliphatic heterocycles. The van der Waals surface area contributed by atoms with Gasteiger partial charge in [-0.3, -0.25) is 4.90 Å². The predicted molar refractivity (Wildman–Crippen MR) is 71.5 cm³/mol. The largest absolute Gasteiger partial charge is 0.392 e. The van der Waals surface area contributed by atoms with Gasteiger partial charge in [0.1, 0.15) is 0 Å². The van der Waals surface area contributed by atoms with Crippen molar-refractivity contribution < 1.29 is 0 Å². The van der Waals surface area contributed by atoms with Crippen LogP contribution in [0.2, 0.25) is 0 Å². The molecule has 0 amide bonds. The lowest BCUT2D eigenvalue weighted by molar-refractivity contribution is 0.305. The van der Waals surface area contributed by atoms with Crippen LogP contribution in [0.15, 0.2) is 24.3 Å². The van der Waals surface area contributed by atoms with E-state index in [0.717, 1.165) is 13.1 Å². The van der Waals surface area contributed by atoms with Crippen molar-refractivity contribution in [1.82, 2.24) is 4.90 Å². The molecular weight excluding hydrogens is 216 g/mol. The zero-order chi connectivity index (χ0) is 11.5. The monoisotopic (exact) mass is 234 g/mol. The molecule has 0 aromatic heterocycles. The van der Waals surface area contributed by atoms with E-state index >= 15 is 0 Å². The molecule has 1 fully saturated rings. The van der Waals surface area contributed by atoms with E-state index in [2.05, 4.69) is 36.1 Å². The highest BCUT2D eigenvalue weighted by molar-refractivity contribution is 7.80. The second-order valence-electron chi connectivity index (χ2n) is 4.46. The summed E-state index contributed by atoms with van der Waals surface area (Å²) in [5, 5.41) is 0. The number of hydrogen-bond acceptors (Lipinski definition) is 2. The molecule has 0 aliphatic carbocycles. The number of hydrogen-bond donors (Lipinski definition) is 1. The van der Waals surface area contributed by atoms with Gasteiger partial charge in [-0.25, -0.2) is 0 Å². The number of nitrogens with zero attached hydrogens (tertiary/aromatic N) is 1. The summed E-state index contributed by atoms with van der Waals surface area (Å²) in [6, 6.07) is 8.60. The molecule has 0 spiro atoms. The Balaban J connectivity index is 2.28. The maximum Gasteiger partial charge on any atom is 0.0948 e. The van der Waals surface area contributed by atoms with E-state index in [1.165, 1.54) is 24.0 Å². The summed E-state index contributed by atoms with van der Waals surface area (Å²) in [5.41, 5.74) is 8.38. The first-order valence-electron chi connectivity index (χ1n) is 5.78. The van der Waals surface area contributed by atoms with E-state index in [-0.39, 0.29) is 6.04 Å². The van der Waals surface area contributed by atoms with Gasteiger partial charge < -0.3 is 5.73 Å². The van der Waals surface area contributed by atoms with Gasteiger partial charge in [-0.2, -0.15) is 0 Å². The second-order valence-corrected chi connectivity index (χ2v) is 4.93. The first-order chi connectivity index (χ1) is 7.68. The zero-order valence-corrected chi connectivity index (χ0v) is 10.5. The molecule has 1 unspecified atom stereocenters. The molecule has 1 aromatic rings. The van der Waals surface area contributed by atoms with Crippen LogP contribution in [0.1, 0.15) is 30.0 Å². The number of aryl methyl sites for hydroxylation is 1. The maximum absolute atomic E-state index is 5.89. The third kappa shape index (κ3) is 2.42. The van der Waals surface area contributed by atoms with Crippen molar-refractivity contribution in [2.45, 2.75) is 25.8 Å². The lowest BCUT2D eigenvalue weighted by Gasteiger charge is -2.27. The minimum atomic E-state index is 0.123. The molecule has 0 saturated carbocycles. The summed E-state index contributed by atoms with van der Waals surface area (Å²) in [6.45, 7) is 4.32. The minimum absolute atomic E-state index is 0.123. The van der Waals surface area contributed by atoms with E-state index in [0.29, 0.717) is 4.99 Å². The summed E-state index contributed by atoms with van der Waals surface area (Å²) < 4.78 is 0. The molecule has 2 nitrogen and oxygen atoms in total. The van der Waals surface area contributed by atoms with Crippen molar-refractivity contribution in [3.63, 3.8) is 0 Å². The van der Waals surface area contributed by atoms with Gasteiger partial charge in [0.05, 0.1) is 11.0 Å². The Morgan fingerprint density at radius 2 is 2.06 bits per heavy atom. The highest BCUT2D eigenvalue weighted by atomic mass is 32.1. The van der Waals surface area contributed by atoms with Crippen LogP contribution in [0.5, 0.6) is 0 Å². The Morgan fingerprint density at radius 3 is 2.62 bits per heavy atom. The highest BCUT2D eigenvalue weighted by Gasteiger charge is 2.25. The van der Waals surface area contributed by atoms with Crippen molar-refractivity contribution in [3.05, 3.63) is 35.4 Å². The molecule has 1 saturated heterocycles. The fraction of sp³-hybridized carbons (Fsp3) is 0.462. The van der Waals surface area contributed by atoms with Crippen LogP contribution in [0.25, 0.3) is 0 Å². The first-order valence-corrected chi connectivity index (χ1v) is 6.19. The fourth-order valence-electron chi connectivity index (χ4n) is 2.40. The molecule has 2 N–H and O–H groups in total. The molecular formula is C13H18N2S. The number of likely N-dealkylation sites (tertiary alicyclic amines) is 1. The Morgan fingerprint density at radius 1 is 1.38 bits per heavy atom. The Kier molecular flexibility index (Phi) is 3.56. The first kappa shape index (κ1) is 11.6. The van der Waals surface area contributed by atoms with Gasteiger partial charge in [0.25, 0.3) is 0 Å². The van der Waals surface area contributed by atoms with Crippen molar-refractivity contribution in [1.29, 1.82) is 0 Å². The van der Waals surface area contributed by atoms with Crippen LogP contribution in [-0.2, 0) is 0 Å². The summed E-state index contributed by atoms with van der Waals surface area (Å²) in [5.74, 6) is 0. The zero-order valence-electron chi connectivity index (χ0n) is 9.65. The van der Waals surface area contributed by atoms with Crippen LogP contribution in [-0.4, -0.2) is 23.0 Å². The average Bonchev–Trinajstić information content (AvgIpc) is 2.71. The van der Waals surface area contributed by atoms with E-state index < -0.39 is 0 Å². The molecule has 2 rings (SSSR count). The predicted octanol–water partition coefficient (Wildman–Crippen LogP) is 2.42. The third-order valence-corrected chi connectivity index (χ3v) is 3.36. The van der Waals surface area contributed by atoms with E-state index in [4.69, 9.17) is 18.0 Å². The highest BCUT2D eigenvalue weighted by Crippen LogP contribution is 2.25. The lowest BCUT2D eigenvalue weighted by Crippen LogP contribution is -2.34. The molecule has 0 radical (unpaired) electrons. The van der Waals surface area contributed by atoms with Crippen LogP contribution >= 0.6 is 12.2 Å². The van der Waals surface area contributed by atoms with Crippen molar-refractivity contribution in [2.24, 2.45) is 5.73 Å². The van der Waals surface area contributed by atoms with Crippen molar-refractivity contribution in [3.8, 4) is 0 Å². The summed E-state index contributed by atoms with van der Waals surface area (Å²) in [4.78, 5) is 2.98. The number of nitrogens with two attached hydrogens (primary N) is 1. The minimum Gasteiger partial charge on any atom is -0.392 e. The van der Waals surface area contributed by atoms with E-state index in [9.17, 15) is 0 Å². The van der Waals surface area contributed by atoms with Crippen LogP contribution < -0.4 is 5.73 Å². The standard InChI is InChI=1S/C13H18N2S/c1-10-5-4-6-11(9-10)12(13(14)16)15-7-2-3-8-15/h4-6,9,12H,2-3,7-8H2,1H3,(H2,14,16). The van der Waals surface area contributed by atoms with Gasteiger partial charge in [0.15, 0.2) is 0 Å². The van der Waals surface area contributed by atoms with Crippen LogP contribution in [0.4, 0.5) is 0 Å². The van der Waals surface area contributed by atoms with Crippen molar-refractivity contribution >= 4 is 17.2 Å². The topological polar surface area (TPSA) is 29.3 Å². The van der Waals surface area contributed by atoms with Crippen LogP contribution in [0.3, 0.4) is 0 Å². The van der Waals surface area contributed by atoms with Crippen LogP contribution in [0, 0.1) is 6.92 Å². The van der Waals surface area contributed by atoms with Gasteiger partial charge >= 0.3 is 0 Å². The van der Waals surface area contributed by atoms with E-state index in [1.54, 1.807) is 0 Å². The van der Waals surface area contributed by atoms with Gasteiger partial charge in [0.2, 0.25) is 0 Å². The summed E-state index contributed by atoms with van der Waals surface area (Å²) in [7, 11) is 0. The Hall–Kier alpha value is -0.930. The molecule has 1 atom stereocenters. The second kappa shape index (κ2) is 4.93. The Bertz CT molecular complexity index is 383. The SMILES string of the molecule is Cc1cccc(C(C(N)=S)N2CCCC2)c1. The molecule has 0 bridgehead atoms. The third-order valence-electron chi connectivity index (χ3n) is 3.13. The van der Waals surface area contributed by atoms with E-state index in [1.807, 2.05) is 0 Å². The molecule has 86 valence electrons. The van der Waals surface area contributed by atoms with Gasteiger partial charge in [0, 0.05) is 0 Å². The average molecular weight is 234 g/mol. The van der Waals surface area contributed by atoms with Gasteiger partial charge in [-0.1, -0.05) is 42.0 Å². The van der Waals surface area contributed by atoms with Gasteiger partial charge in [-0.15, -0.1) is 0 Å². The maximum atomic E-state index is 5.89. The van der Waals surface area contributed by atoms with Crippen molar-refractivity contribution in [2.75, 3.05) is 13.1 Å². The number of thiocarbonyl (C=S) groups is 1. The van der Waals surface area contributed by atoms with Gasteiger partial charge in [-0.05, 0) is 38.4 Å². The molecule has 16 heavy (non-hydrogen) atoms. The lowest BCUT2D eigenvalue weighted by atomic mass is 10.0.